The second-order valence-corrected chi connectivity index (χ2v) is 2.64. The fourth-order valence-corrected chi connectivity index (χ4v) is 0.855. The second-order valence-electron chi connectivity index (χ2n) is 2.64. The minimum atomic E-state index is -0.332. The van der Waals surface area contributed by atoms with E-state index in [9.17, 15) is 0 Å². The molecule has 1 unspecified atom stereocenters. The third-order valence-electron chi connectivity index (χ3n) is 1.46. The van der Waals surface area contributed by atoms with Crippen molar-refractivity contribution in [3.05, 3.63) is 23.8 Å². The van der Waals surface area contributed by atoms with Gasteiger partial charge in [-0.3, -0.25) is 0 Å². The van der Waals surface area contributed by atoms with Crippen molar-refractivity contribution < 1.29 is 5.11 Å². The van der Waals surface area contributed by atoms with Gasteiger partial charge in [-0.05, 0) is 19.8 Å². The number of aliphatic hydroxyl groups is 1. The van der Waals surface area contributed by atoms with Crippen LogP contribution in [0, 0.1) is 0 Å². The van der Waals surface area contributed by atoms with E-state index in [0.717, 1.165) is 12.8 Å². The van der Waals surface area contributed by atoms with Gasteiger partial charge in [-0.25, -0.2) is 0 Å². The second kappa shape index (κ2) is 6.17. The lowest BCUT2D eigenvalue weighted by molar-refractivity contribution is 0.244. The van der Waals surface area contributed by atoms with E-state index in [2.05, 4.69) is 19.9 Å². The Morgan fingerprint density at radius 3 is 2.45 bits per heavy atom. The van der Waals surface area contributed by atoms with Crippen molar-refractivity contribution in [1.82, 2.24) is 0 Å². The van der Waals surface area contributed by atoms with Crippen molar-refractivity contribution in [3.63, 3.8) is 0 Å². The Kier molecular flexibility index (Phi) is 5.86. The summed E-state index contributed by atoms with van der Waals surface area (Å²) in [5.74, 6) is 0. The maximum atomic E-state index is 8.95. The summed E-state index contributed by atoms with van der Waals surface area (Å²) in [7, 11) is 0. The molecule has 0 aliphatic rings. The minimum Gasteiger partial charge on any atom is -0.389 e. The summed E-state index contributed by atoms with van der Waals surface area (Å²) >= 11 is 0. The maximum absolute atomic E-state index is 8.95. The molecular formula is C10H18O. The first-order chi connectivity index (χ1) is 5.20. The average Bonchev–Trinajstić information content (AvgIpc) is 1.97. The molecule has 0 bridgehead atoms. The highest BCUT2D eigenvalue weighted by Gasteiger charge is 1.88. The molecule has 64 valence electrons. The Balaban J connectivity index is 3.97. The largest absolute Gasteiger partial charge is 0.389 e. The first kappa shape index (κ1) is 10.4. The van der Waals surface area contributed by atoms with Gasteiger partial charge in [-0.1, -0.05) is 37.6 Å². The van der Waals surface area contributed by atoms with Crippen LogP contribution in [0.2, 0.25) is 0 Å². The molecule has 0 aromatic rings. The van der Waals surface area contributed by atoms with Crippen molar-refractivity contribution >= 4 is 0 Å². The molecule has 0 rings (SSSR count). The highest BCUT2D eigenvalue weighted by molar-refractivity contribution is 5.18. The zero-order chi connectivity index (χ0) is 8.69. The van der Waals surface area contributed by atoms with Crippen LogP contribution in [0.3, 0.4) is 0 Å². The van der Waals surface area contributed by atoms with Crippen LogP contribution in [0.25, 0.3) is 0 Å². The standard InChI is InChI=1S/C10H18O/c1-4-6-10(5-2)8-7-9(3)11/h6-9,11H,4-5H2,1-3H3/b8-7-,10-6-. The molecule has 0 aromatic heterocycles. The molecule has 1 nitrogen and oxygen atoms in total. The van der Waals surface area contributed by atoms with E-state index in [1.165, 1.54) is 5.57 Å². The number of hydrogen-bond donors (Lipinski definition) is 1. The molecular weight excluding hydrogens is 136 g/mol. The van der Waals surface area contributed by atoms with Crippen LogP contribution in [-0.4, -0.2) is 11.2 Å². The molecule has 0 radical (unpaired) electrons. The minimum absolute atomic E-state index is 0.332. The molecule has 11 heavy (non-hydrogen) atoms. The van der Waals surface area contributed by atoms with E-state index in [4.69, 9.17) is 5.11 Å². The van der Waals surface area contributed by atoms with E-state index in [-0.39, 0.29) is 6.10 Å². The molecule has 0 aromatic carbocycles. The lowest BCUT2D eigenvalue weighted by Gasteiger charge is -1.97. The zero-order valence-electron chi connectivity index (χ0n) is 7.67. The first-order valence-corrected chi connectivity index (χ1v) is 4.26. The third-order valence-corrected chi connectivity index (χ3v) is 1.46. The molecule has 1 heteroatoms. The zero-order valence-corrected chi connectivity index (χ0v) is 7.67. The smallest absolute Gasteiger partial charge is 0.0695 e. The molecule has 0 spiro atoms. The van der Waals surface area contributed by atoms with Gasteiger partial charge >= 0.3 is 0 Å². The topological polar surface area (TPSA) is 20.2 Å². The number of hydrogen-bond acceptors (Lipinski definition) is 1. The van der Waals surface area contributed by atoms with Crippen LogP contribution in [0.4, 0.5) is 0 Å². The Morgan fingerprint density at radius 1 is 1.45 bits per heavy atom. The molecule has 0 saturated carbocycles. The van der Waals surface area contributed by atoms with Gasteiger partial charge in [0.25, 0.3) is 0 Å². The predicted octanol–water partition coefficient (Wildman–Crippen LogP) is 2.67. The third kappa shape index (κ3) is 5.86. The maximum Gasteiger partial charge on any atom is 0.0695 e. The lowest BCUT2D eigenvalue weighted by atomic mass is 10.1. The summed E-state index contributed by atoms with van der Waals surface area (Å²) in [6.07, 6.45) is 7.75. The Hall–Kier alpha value is -0.560. The molecule has 0 heterocycles. The van der Waals surface area contributed by atoms with E-state index < -0.39 is 0 Å². The van der Waals surface area contributed by atoms with Crippen LogP contribution in [-0.2, 0) is 0 Å². The van der Waals surface area contributed by atoms with Gasteiger partial charge in [-0.15, -0.1) is 0 Å². The van der Waals surface area contributed by atoms with E-state index in [0.29, 0.717) is 0 Å². The highest BCUT2D eigenvalue weighted by atomic mass is 16.3. The van der Waals surface area contributed by atoms with Gasteiger partial charge in [0.1, 0.15) is 0 Å². The van der Waals surface area contributed by atoms with Crippen molar-refractivity contribution in [2.24, 2.45) is 0 Å². The predicted molar refractivity (Wildman–Crippen MR) is 49.5 cm³/mol. The van der Waals surface area contributed by atoms with Gasteiger partial charge in [0.05, 0.1) is 6.10 Å². The van der Waals surface area contributed by atoms with E-state index >= 15 is 0 Å². The van der Waals surface area contributed by atoms with Gasteiger partial charge < -0.3 is 5.11 Å². The summed E-state index contributed by atoms with van der Waals surface area (Å²) in [4.78, 5) is 0. The van der Waals surface area contributed by atoms with Gasteiger partial charge in [0.2, 0.25) is 0 Å². The summed E-state index contributed by atoms with van der Waals surface area (Å²) in [5, 5.41) is 8.95. The number of allylic oxidation sites excluding steroid dienone is 3. The molecule has 1 N–H and O–H groups in total. The molecule has 0 fully saturated rings. The highest BCUT2D eigenvalue weighted by Crippen LogP contribution is 2.04. The van der Waals surface area contributed by atoms with Crippen LogP contribution < -0.4 is 0 Å². The van der Waals surface area contributed by atoms with Gasteiger partial charge in [-0.2, -0.15) is 0 Å². The fraction of sp³-hybridized carbons (Fsp3) is 0.600. The lowest BCUT2D eigenvalue weighted by Crippen LogP contribution is -1.92. The monoisotopic (exact) mass is 154 g/mol. The molecule has 0 saturated heterocycles. The SMILES string of the molecule is CC/C=C(\C=C/C(C)O)CC. The average molecular weight is 154 g/mol. The quantitative estimate of drug-likeness (QED) is 0.617. The molecule has 1 atom stereocenters. The van der Waals surface area contributed by atoms with Gasteiger partial charge in [0, 0.05) is 0 Å². The Bertz CT molecular complexity index is 143. The summed E-state index contributed by atoms with van der Waals surface area (Å²) in [6, 6.07) is 0. The molecule has 0 aliphatic carbocycles. The van der Waals surface area contributed by atoms with Gasteiger partial charge in [0.15, 0.2) is 0 Å². The van der Waals surface area contributed by atoms with Crippen LogP contribution in [0.1, 0.15) is 33.6 Å². The summed E-state index contributed by atoms with van der Waals surface area (Å²) < 4.78 is 0. The summed E-state index contributed by atoms with van der Waals surface area (Å²) in [6.45, 7) is 6.00. The number of aliphatic hydroxyl groups excluding tert-OH is 1. The first-order valence-electron chi connectivity index (χ1n) is 4.26. The van der Waals surface area contributed by atoms with Crippen molar-refractivity contribution in [2.75, 3.05) is 0 Å². The van der Waals surface area contributed by atoms with E-state index in [1.54, 1.807) is 6.92 Å². The van der Waals surface area contributed by atoms with Crippen LogP contribution in [0.15, 0.2) is 23.8 Å². The van der Waals surface area contributed by atoms with Crippen LogP contribution in [0.5, 0.6) is 0 Å². The molecule has 0 amide bonds. The Labute approximate surface area is 69.4 Å². The number of rotatable bonds is 4. The molecule has 0 aliphatic heterocycles. The van der Waals surface area contributed by atoms with Crippen molar-refractivity contribution in [2.45, 2.75) is 39.7 Å². The van der Waals surface area contributed by atoms with Crippen molar-refractivity contribution in [1.29, 1.82) is 0 Å². The summed E-state index contributed by atoms with van der Waals surface area (Å²) in [5.41, 5.74) is 1.30. The normalized spacial score (nSPS) is 15.8. The van der Waals surface area contributed by atoms with E-state index in [1.807, 2.05) is 12.2 Å². The van der Waals surface area contributed by atoms with Crippen molar-refractivity contribution in [3.8, 4) is 0 Å². The fourth-order valence-electron chi connectivity index (χ4n) is 0.855. The Morgan fingerprint density at radius 2 is 2.09 bits per heavy atom. The van der Waals surface area contributed by atoms with Crippen LogP contribution >= 0.6 is 0 Å².